The number of aryl methyl sites for hydroxylation is 1. The van der Waals surface area contributed by atoms with Crippen molar-refractivity contribution in [2.75, 3.05) is 0 Å². The van der Waals surface area contributed by atoms with E-state index in [1.54, 1.807) is 0 Å². The number of benzene rings is 3. The number of nitrogens with zero attached hydrogens (tertiary/aromatic N) is 3. The summed E-state index contributed by atoms with van der Waals surface area (Å²) < 4.78 is 7.94. The molecule has 29 heavy (non-hydrogen) atoms. The molecule has 4 heteroatoms. The van der Waals surface area contributed by atoms with Crippen LogP contribution in [0.15, 0.2) is 97.3 Å². The first-order chi connectivity index (χ1) is 14.3. The first-order valence-electron chi connectivity index (χ1n) is 9.51. The Balaban J connectivity index is 1.42. The lowest BCUT2D eigenvalue weighted by Gasteiger charge is -2.09. The van der Waals surface area contributed by atoms with Crippen LogP contribution in [0.5, 0.6) is 11.5 Å². The van der Waals surface area contributed by atoms with Crippen LogP contribution in [-0.4, -0.2) is 14.5 Å². The van der Waals surface area contributed by atoms with E-state index in [1.165, 1.54) is 0 Å². The molecular formula is C25H19N3O. The fourth-order valence-electron chi connectivity index (χ4n) is 3.39. The molecule has 0 aliphatic heterocycles. The van der Waals surface area contributed by atoms with Crippen LogP contribution >= 0.6 is 0 Å². The van der Waals surface area contributed by atoms with Gasteiger partial charge < -0.3 is 9.30 Å². The fraction of sp³-hybridized carbons (Fsp3) is 0.0400. The van der Waals surface area contributed by atoms with Gasteiger partial charge in [-0.25, -0.2) is 9.97 Å². The van der Waals surface area contributed by atoms with Gasteiger partial charge in [0.05, 0.1) is 11.2 Å². The first-order valence-corrected chi connectivity index (χ1v) is 9.51. The van der Waals surface area contributed by atoms with Crippen LogP contribution in [0.1, 0.15) is 5.82 Å². The standard InChI is InChI=1S/C25H19N3O/c1-18-26-15-16-28(18)21-10-14-25-20(17-21)9-13-24(27-25)19-7-11-23(12-8-19)29-22-5-3-2-4-6-22/h2-17H,1H3. The number of hydrogen-bond acceptors (Lipinski definition) is 3. The summed E-state index contributed by atoms with van der Waals surface area (Å²) in [7, 11) is 0. The summed E-state index contributed by atoms with van der Waals surface area (Å²) in [5.74, 6) is 2.60. The average molecular weight is 377 g/mol. The Morgan fingerprint density at radius 1 is 0.793 bits per heavy atom. The Morgan fingerprint density at radius 2 is 1.59 bits per heavy atom. The number of rotatable bonds is 4. The number of ether oxygens (including phenoxy) is 1. The third kappa shape index (κ3) is 3.48. The highest BCUT2D eigenvalue weighted by Crippen LogP contribution is 2.27. The van der Waals surface area contributed by atoms with E-state index in [0.29, 0.717) is 0 Å². The molecule has 0 bridgehead atoms. The number of fused-ring (bicyclic) bond motifs is 1. The largest absolute Gasteiger partial charge is 0.457 e. The van der Waals surface area contributed by atoms with Gasteiger partial charge in [0, 0.05) is 29.0 Å². The quantitative estimate of drug-likeness (QED) is 0.375. The molecule has 0 unspecified atom stereocenters. The highest BCUT2D eigenvalue weighted by atomic mass is 16.5. The van der Waals surface area contributed by atoms with Crippen LogP contribution in [0.3, 0.4) is 0 Å². The Morgan fingerprint density at radius 3 is 2.34 bits per heavy atom. The Labute approximate surface area is 169 Å². The summed E-state index contributed by atoms with van der Waals surface area (Å²) in [6, 6.07) is 28.2. The summed E-state index contributed by atoms with van der Waals surface area (Å²) in [4.78, 5) is 9.14. The predicted octanol–water partition coefficient (Wildman–Crippen LogP) is 6.19. The Kier molecular flexibility index (Phi) is 4.30. The number of pyridine rings is 1. The predicted molar refractivity (Wildman–Crippen MR) is 116 cm³/mol. The first kappa shape index (κ1) is 17.2. The summed E-state index contributed by atoms with van der Waals surface area (Å²) in [6.45, 7) is 2.00. The molecule has 0 aliphatic carbocycles. The summed E-state index contributed by atoms with van der Waals surface area (Å²) in [6.07, 6.45) is 3.78. The van der Waals surface area contributed by atoms with Crippen LogP contribution in [0.4, 0.5) is 0 Å². The second kappa shape index (κ2) is 7.24. The monoisotopic (exact) mass is 377 g/mol. The second-order valence-corrected chi connectivity index (χ2v) is 6.86. The lowest BCUT2D eigenvalue weighted by Crippen LogP contribution is -1.95. The molecule has 0 aliphatic rings. The van der Waals surface area contributed by atoms with Gasteiger partial charge in [0.2, 0.25) is 0 Å². The molecule has 0 amide bonds. The van der Waals surface area contributed by atoms with Crippen molar-refractivity contribution in [2.24, 2.45) is 0 Å². The average Bonchev–Trinajstić information content (AvgIpc) is 3.20. The SMILES string of the molecule is Cc1nccn1-c1ccc2nc(-c3ccc(Oc4ccccc4)cc3)ccc2c1. The van der Waals surface area contributed by atoms with Gasteiger partial charge >= 0.3 is 0 Å². The van der Waals surface area contributed by atoms with Crippen LogP contribution in [0.2, 0.25) is 0 Å². The van der Waals surface area contributed by atoms with Crippen molar-refractivity contribution in [2.45, 2.75) is 6.92 Å². The normalized spacial score (nSPS) is 10.9. The summed E-state index contributed by atoms with van der Waals surface area (Å²) in [5.41, 5.74) is 4.05. The van der Waals surface area contributed by atoms with Gasteiger partial charge in [-0.2, -0.15) is 0 Å². The minimum atomic E-state index is 0.807. The van der Waals surface area contributed by atoms with Crippen LogP contribution in [-0.2, 0) is 0 Å². The van der Waals surface area contributed by atoms with Gasteiger partial charge in [-0.05, 0) is 67.6 Å². The van der Waals surface area contributed by atoms with E-state index in [0.717, 1.165) is 45.2 Å². The topological polar surface area (TPSA) is 39.9 Å². The molecule has 2 aromatic heterocycles. The molecule has 4 nitrogen and oxygen atoms in total. The molecule has 0 atom stereocenters. The van der Waals surface area contributed by atoms with Gasteiger partial charge in [-0.1, -0.05) is 24.3 Å². The van der Waals surface area contributed by atoms with E-state index < -0.39 is 0 Å². The van der Waals surface area contributed by atoms with Gasteiger partial charge in [-0.15, -0.1) is 0 Å². The van der Waals surface area contributed by atoms with Crippen molar-refractivity contribution in [3.05, 3.63) is 103 Å². The van der Waals surface area contributed by atoms with Gasteiger partial charge in [-0.3, -0.25) is 0 Å². The molecule has 140 valence electrons. The zero-order valence-corrected chi connectivity index (χ0v) is 16.0. The zero-order valence-electron chi connectivity index (χ0n) is 16.0. The van der Waals surface area contributed by atoms with Crippen LogP contribution < -0.4 is 4.74 Å². The molecule has 0 radical (unpaired) electrons. The van der Waals surface area contributed by atoms with E-state index in [2.05, 4.69) is 39.9 Å². The van der Waals surface area contributed by atoms with Crippen molar-refractivity contribution >= 4 is 10.9 Å². The van der Waals surface area contributed by atoms with Crippen molar-refractivity contribution < 1.29 is 4.74 Å². The second-order valence-electron chi connectivity index (χ2n) is 6.86. The lowest BCUT2D eigenvalue weighted by molar-refractivity contribution is 0.483. The van der Waals surface area contributed by atoms with E-state index in [-0.39, 0.29) is 0 Å². The smallest absolute Gasteiger partial charge is 0.127 e. The number of imidazole rings is 1. The molecule has 5 rings (SSSR count). The van der Waals surface area contributed by atoms with Gasteiger partial charge in [0.25, 0.3) is 0 Å². The summed E-state index contributed by atoms with van der Waals surface area (Å²) >= 11 is 0. The minimum Gasteiger partial charge on any atom is -0.457 e. The summed E-state index contributed by atoms with van der Waals surface area (Å²) in [5, 5.41) is 1.10. The zero-order chi connectivity index (χ0) is 19.6. The Bertz CT molecular complexity index is 1270. The number of para-hydroxylation sites is 1. The molecular weight excluding hydrogens is 358 g/mol. The molecule has 3 aromatic carbocycles. The van der Waals surface area contributed by atoms with Crippen molar-refractivity contribution in [1.29, 1.82) is 0 Å². The minimum absolute atomic E-state index is 0.807. The molecule has 0 saturated heterocycles. The molecule has 2 heterocycles. The molecule has 0 N–H and O–H groups in total. The van der Waals surface area contributed by atoms with E-state index >= 15 is 0 Å². The lowest BCUT2D eigenvalue weighted by atomic mass is 10.1. The maximum Gasteiger partial charge on any atom is 0.127 e. The van der Waals surface area contributed by atoms with Crippen molar-refractivity contribution in [1.82, 2.24) is 14.5 Å². The third-order valence-corrected chi connectivity index (χ3v) is 4.91. The van der Waals surface area contributed by atoms with Crippen molar-refractivity contribution in [3.63, 3.8) is 0 Å². The van der Waals surface area contributed by atoms with Gasteiger partial charge in [0.1, 0.15) is 17.3 Å². The molecule has 0 saturated carbocycles. The number of hydrogen-bond donors (Lipinski definition) is 0. The molecule has 0 fully saturated rings. The molecule has 0 spiro atoms. The fourth-order valence-corrected chi connectivity index (χ4v) is 3.39. The highest BCUT2D eigenvalue weighted by Gasteiger charge is 2.06. The van der Waals surface area contributed by atoms with E-state index in [4.69, 9.17) is 9.72 Å². The van der Waals surface area contributed by atoms with Crippen LogP contribution in [0.25, 0.3) is 27.8 Å². The number of aromatic nitrogens is 3. The van der Waals surface area contributed by atoms with Gasteiger partial charge in [0.15, 0.2) is 0 Å². The third-order valence-electron chi connectivity index (χ3n) is 4.91. The highest BCUT2D eigenvalue weighted by molar-refractivity contribution is 5.83. The van der Waals surface area contributed by atoms with E-state index in [1.807, 2.05) is 73.9 Å². The van der Waals surface area contributed by atoms with Crippen molar-refractivity contribution in [3.8, 4) is 28.4 Å². The maximum atomic E-state index is 5.87. The van der Waals surface area contributed by atoms with E-state index in [9.17, 15) is 0 Å². The molecule has 5 aromatic rings. The Hall–Kier alpha value is -3.92. The maximum absolute atomic E-state index is 5.87. The van der Waals surface area contributed by atoms with Crippen LogP contribution in [0, 0.1) is 6.92 Å².